The van der Waals surface area contributed by atoms with Crippen LogP contribution in [0.15, 0.2) is 30.5 Å². The Bertz CT molecular complexity index is 558. The molecule has 1 aromatic heterocycles. The molecule has 0 saturated heterocycles. The highest BCUT2D eigenvalue weighted by Gasteiger charge is 2.07. The van der Waals surface area contributed by atoms with Crippen LogP contribution in [0.4, 0.5) is 14.6 Å². The molecule has 0 saturated carbocycles. The molecule has 0 aliphatic rings. The van der Waals surface area contributed by atoms with E-state index in [0.29, 0.717) is 11.4 Å². The van der Waals surface area contributed by atoms with Crippen LogP contribution in [0.2, 0.25) is 0 Å². The fourth-order valence-electron chi connectivity index (χ4n) is 1.67. The number of rotatable bonds is 5. The van der Waals surface area contributed by atoms with Crippen LogP contribution in [0.25, 0.3) is 0 Å². The van der Waals surface area contributed by atoms with Crippen molar-refractivity contribution < 1.29 is 8.78 Å². The summed E-state index contributed by atoms with van der Waals surface area (Å²) in [6.45, 7) is 2.88. The van der Waals surface area contributed by atoms with E-state index in [-0.39, 0.29) is 6.42 Å². The lowest BCUT2D eigenvalue weighted by atomic mass is 10.1. The molecule has 0 fully saturated rings. The lowest BCUT2D eigenvalue weighted by Gasteiger charge is -2.06. The molecule has 0 radical (unpaired) electrons. The average Bonchev–Trinajstić information content (AvgIpc) is 2.40. The monoisotopic (exact) mass is 263 g/mol. The van der Waals surface area contributed by atoms with Crippen LogP contribution in [0, 0.1) is 11.6 Å². The Kier molecular flexibility index (Phi) is 4.39. The van der Waals surface area contributed by atoms with Gasteiger partial charge in [0.25, 0.3) is 0 Å². The number of hydrogen-bond acceptors (Lipinski definition) is 3. The maximum absolute atomic E-state index is 13.5. The molecule has 1 heterocycles. The molecule has 19 heavy (non-hydrogen) atoms. The first kappa shape index (κ1) is 13.4. The van der Waals surface area contributed by atoms with Crippen molar-refractivity contribution in [2.24, 2.45) is 0 Å². The Morgan fingerprint density at radius 3 is 2.79 bits per heavy atom. The minimum absolute atomic E-state index is 0.244. The number of nitrogens with one attached hydrogen (secondary N) is 1. The third-order valence-electron chi connectivity index (χ3n) is 2.63. The van der Waals surface area contributed by atoms with Crippen molar-refractivity contribution in [2.45, 2.75) is 19.8 Å². The SMILES string of the molecule is CCCNc1ccnc(Cc2ccc(F)cc2F)n1. The molecule has 0 unspecified atom stereocenters. The normalized spacial score (nSPS) is 10.5. The molecule has 2 aromatic rings. The van der Waals surface area contributed by atoms with Crippen molar-refractivity contribution in [2.75, 3.05) is 11.9 Å². The molecule has 1 aromatic carbocycles. The highest BCUT2D eigenvalue weighted by molar-refractivity contribution is 5.33. The standard InChI is InChI=1S/C14H15F2N3/c1-2-6-17-13-5-7-18-14(19-13)8-10-3-4-11(15)9-12(10)16/h3-5,7,9H,2,6,8H2,1H3,(H,17,18,19). The predicted octanol–water partition coefficient (Wildman–Crippen LogP) is 3.17. The number of benzene rings is 1. The fourth-order valence-corrected chi connectivity index (χ4v) is 1.67. The number of anilines is 1. The summed E-state index contributed by atoms with van der Waals surface area (Å²) >= 11 is 0. The van der Waals surface area contributed by atoms with Gasteiger partial charge in [-0.1, -0.05) is 13.0 Å². The summed E-state index contributed by atoms with van der Waals surface area (Å²) < 4.78 is 26.3. The zero-order chi connectivity index (χ0) is 13.7. The molecule has 0 atom stereocenters. The zero-order valence-electron chi connectivity index (χ0n) is 10.7. The van der Waals surface area contributed by atoms with Gasteiger partial charge < -0.3 is 5.32 Å². The largest absolute Gasteiger partial charge is 0.370 e. The highest BCUT2D eigenvalue weighted by Crippen LogP contribution is 2.13. The average molecular weight is 263 g/mol. The molecular weight excluding hydrogens is 248 g/mol. The summed E-state index contributed by atoms with van der Waals surface area (Å²) in [6, 6.07) is 5.28. The van der Waals surface area contributed by atoms with E-state index in [9.17, 15) is 8.78 Å². The summed E-state index contributed by atoms with van der Waals surface area (Å²) in [4.78, 5) is 8.38. The highest BCUT2D eigenvalue weighted by atomic mass is 19.1. The van der Waals surface area contributed by atoms with Crippen LogP contribution < -0.4 is 5.32 Å². The van der Waals surface area contributed by atoms with Crippen molar-refractivity contribution >= 4 is 5.82 Å². The van der Waals surface area contributed by atoms with Gasteiger partial charge in [0.1, 0.15) is 23.3 Å². The molecule has 5 heteroatoms. The Hall–Kier alpha value is -2.04. The third kappa shape index (κ3) is 3.71. The minimum atomic E-state index is -0.583. The lowest BCUT2D eigenvalue weighted by molar-refractivity contribution is 0.573. The summed E-state index contributed by atoms with van der Waals surface area (Å²) in [5, 5.41) is 3.14. The molecule has 0 aliphatic carbocycles. The van der Waals surface area contributed by atoms with E-state index < -0.39 is 11.6 Å². The van der Waals surface area contributed by atoms with Crippen LogP contribution >= 0.6 is 0 Å². The van der Waals surface area contributed by atoms with E-state index in [1.165, 1.54) is 12.1 Å². The first-order valence-corrected chi connectivity index (χ1v) is 6.18. The van der Waals surface area contributed by atoms with Gasteiger partial charge in [-0.25, -0.2) is 18.7 Å². The molecule has 2 rings (SSSR count). The van der Waals surface area contributed by atoms with Gasteiger partial charge in [0, 0.05) is 25.2 Å². The van der Waals surface area contributed by atoms with Gasteiger partial charge >= 0.3 is 0 Å². The zero-order valence-corrected chi connectivity index (χ0v) is 10.7. The summed E-state index contributed by atoms with van der Waals surface area (Å²) in [7, 11) is 0. The lowest BCUT2D eigenvalue weighted by Crippen LogP contribution is -2.05. The van der Waals surface area contributed by atoms with E-state index in [2.05, 4.69) is 22.2 Å². The van der Waals surface area contributed by atoms with Gasteiger partial charge in [0.15, 0.2) is 0 Å². The summed E-state index contributed by atoms with van der Waals surface area (Å²) in [6.07, 6.45) is 2.86. The Morgan fingerprint density at radius 2 is 2.05 bits per heavy atom. The maximum atomic E-state index is 13.5. The number of halogens is 2. The van der Waals surface area contributed by atoms with Crippen molar-refractivity contribution in [3.63, 3.8) is 0 Å². The molecule has 0 bridgehead atoms. The second-order valence-electron chi connectivity index (χ2n) is 4.20. The number of hydrogen-bond donors (Lipinski definition) is 1. The predicted molar refractivity (Wildman–Crippen MR) is 70.0 cm³/mol. The van der Waals surface area contributed by atoms with Gasteiger partial charge in [-0.15, -0.1) is 0 Å². The van der Waals surface area contributed by atoms with Gasteiger partial charge in [-0.2, -0.15) is 0 Å². The van der Waals surface area contributed by atoms with E-state index in [0.717, 1.165) is 24.8 Å². The maximum Gasteiger partial charge on any atom is 0.135 e. The van der Waals surface area contributed by atoms with Gasteiger partial charge in [-0.3, -0.25) is 0 Å². The van der Waals surface area contributed by atoms with Gasteiger partial charge in [-0.05, 0) is 24.1 Å². The fraction of sp³-hybridized carbons (Fsp3) is 0.286. The minimum Gasteiger partial charge on any atom is -0.370 e. The van der Waals surface area contributed by atoms with E-state index in [4.69, 9.17) is 0 Å². The Balaban J connectivity index is 2.14. The van der Waals surface area contributed by atoms with E-state index >= 15 is 0 Å². The van der Waals surface area contributed by atoms with Crippen molar-refractivity contribution in [3.8, 4) is 0 Å². The summed E-state index contributed by atoms with van der Waals surface area (Å²) in [5.41, 5.74) is 0.383. The Morgan fingerprint density at radius 1 is 1.21 bits per heavy atom. The van der Waals surface area contributed by atoms with Crippen LogP contribution in [-0.4, -0.2) is 16.5 Å². The molecule has 0 aliphatic heterocycles. The van der Waals surface area contributed by atoms with E-state index in [1.807, 2.05) is 0 Å². The molecule has 1 N–H and O–H groups in total. The van der Waals surface area contributed by atoms with Crippen LogP contribution in [0.5, 0.6) is 0 Å². The number of aromatic nitrogens is 2. The van der Waals surface area contributed by atoms with Crippen molar-refractivity contribution in [3.05, 3.63) is 53.5 Å². The summed E-state index contributed by atoms with van der Waals surface area (Å²) in [5.74, 6) is 0.0667. The molecule has 3 nitrogen and oxygen atoms in total. The smallest absolute Gasteiger partial charge is 0.135 e. The third-order valence-corrected chi connectivity index (χ3v) is 2.63. The Labute approximate surface area is 110 Å². The van der Waals surface area contributed by atoms with Gasteiger partial charge in [0.05, 0.1) is 0 Å². The van der Waals surface area contributed by atoms with Crippen LogP contribution in [0.3, 0.4) is 0 Å². The second kappa shape index (κ2) is 6.22. The van der Waals surface area contributed by atoms with Crippen molar-refractivity contribution in [1.29, 1.82) is 0 Å². The topological polar surface area (TPSA) is 37.8 Å². The molecule has 0 amide bonds. The quantitative estimate of drug-likeness (QED) is 0.900. The molecule has 0 spiro atoms. The number of nitrogens with zero attached hydrogens (tertiary/aromatic N) is 2. The van der Waals surface area contributed by atoms with E-state index in [1.54, 1.807) is 12.3 Å². The molecular formula is C14H15F2N3. The first-order valence-electron chi connectivity index (χ1n) is 6.18. The van der Waals surface area contributed by atoms with Crippen LogP contribution in [0.1, 0.15) is 24.7 Å². The molecule has 100 valence electrons. The van der Waals surface area contributed by atoms with Gasteiger partial charge in [0.2, 0.25) is 0 Å². The first-order chi connectivity index (χ1) is 9.19. The van der Waals surface area contributed by atoms with Crippen molar-refractivity contribution in [1.82, 2.24) is 9.97 Å². The second-order valence-corrected chi connectivity index (χ2v) is 4.20. The van der Waals surface area contributed by atoms with Crippen LogP contribution in [-0.2, 0) is 6.42 Å².